The van der Waals surface area contributed by atoms with Crippen LogP contribution < -0.4 is 0 Å². The van der Waals surface area contributed by atoms with Crippen molar-refractivity contribution in [2.75, 3.05) is 0 Å². The normalized spacial score (nSPS) is 19.0. The van der Waals surface area contributed by atoms with Gasteiger partial charge in [-0.25, -0.2) is 4.39 Å². The van der Waals surface area contributed by atoms with Gasteiger partial charge in [-0.1, -0.05) is 13.0 Å². The van der Waals surface area contributed by atoms with E-state index in [4.69, 9.17) is 0 Å². The highest BCUT2D eigenvalue weighted by Gasteiger charge is 2.41. The highest BCUT2D eigenvalue weighted by molar-refractivity contribution is 5.35. The van der Waals surface area contributed by atoms with Gasteiger partial charge in [0.05, 0.1) is 5.56 Å². The zero-order chi connectivity index (χ0) is 11.3. The van der Waals surface area contributed by atoms with Gasteiger partial charge in [0.25, 0.3) is 0 Å². The van der Waals surface area contributed by atoms with Crippen LogP contribution in [-0.2, 0) is 11.6 Å². The van der Waals surface area contributed by atoms with Gasteiger partial charge < -0.3 is 0 Å². The van der Waals surface area contributed by atoms with Crippen molar-refractivity contribution in [2.24, 2.45) is 0 Å². The molecule has 1 fully saturated rings. The van der Waals surface area contributed by atoms with Crippen LogP contribution in [-0.4, -0.2) is 0 Å². The zero-order valence-corrected chi connectivity index (χ0v) is 8.16. The van der Waals surface area contributed by atoms with E-state index in [1.165, 1.54) is 6.07 Å². The third kappa shape index (κ3) is 1.85. The van der Waals surface area contributed by atoms with E-state index in [1.807, 2.05) is 6.92 Å². The maximum absolute atomic E-state index is 13.0. The van der Waals surface area contributed by atoms with Crippen LogP contribution in [0.5, 0.6) is 0 Å². The average Bonchev–Trinajstić information content (AvgIpc) is 2.83. The molecule has 1 aromatic carbocycles. The van der Waals surface area contributed by atoms with Crippen molar-refractivity contribution in [3.63, 3.8) is 0 Å². The Balaban J connectivity index is 2.46. The smallest absolute Gasteiger partial charge is 0.206 e. The van der Waals surface area contributed by atoms with Crippen LogP contribution in [0.3, 0.4) is 0 Å². The second kappa shape index (κ2) is 2.97. The average molecular weight is 218 g/mol. The van der Waals surface area contributed by atoms with Gasteiger partial charge in [0.15, 0.2) is 0 Å². The molecule has 0 heterocycles. The van der Waals surface area contributed by atoms with Crippen LogP contribution in [0.1, 0.15) is 30.9 Å². The van der Waals surface area contributed by atoms with Crippen molar-refractivity contribution in [2.45, 2.75) is 31.4 Å². The number of rotatable bonds is 1. The summed E-state index contributed by atoms with van der Waals surface area (Å²) in [6, 6.07) is 3.28. The van der Waals surface area contributed by atoms with Crippen LogP contribution >= 0.6 is 0 Å². The lowest BCUT2D eigenvalue weighted by Crippen LogP contribution is -2.10. The molecule has 4 heteroatoms. The SMILES string of the molecule is CC1(c2ccc(F)c(C(F)(F)F)c2)CC1. The van der Waals surface area contributed by atoms with Gasteiger partial charge in [0.2, 0.25) is 0 Å². The Morgan fingerprint density at radius 3 is 2.27 bits per heavy atom. The Morgan fingerprint density at radius 1 is 1.20 bits per heavy atom. The molecule has 1 aliphatic carbocycles. The molecular formula is C11H10F4. The maximum Gasteiger partial charge on any atom is 0.419 e. The Hall–Kier alpha value is -1.06. The third-order valence-corrected chi connectivity index (χ3v) is 2.97. The minimum absolute atomic E-state index is 0.173. The Labute approximate surface area is 84.9 Å². The lowest BCUT2D eigenvalue weighted by Gasteiger charge is -2.13. The summed E-state index contributed by atoms with van der Waals surface area (Å²) in [6.45, 7) is 1.89. The van der Waals surface area contributed by atoms with Crippen LogP contribution in [0, 0.1) is 5.82 Å². The monoisotopic (exact) mass is 218 g/mol. The highest BCUT2D eigenvalue weighted by atomic mass is 19.4. The fraction of sp³-hybridized carbons (Fsp3) is 0.455. The topological polar surface area (TPSA) is 0 Å². The fourth-order valence-electron chi connectivity index (χ4n) is 1.59. The molecule has 1 saturated carbocycles. The summed E-state index contributed by atoms with van der Waals surface area (Å²) < 4.78 is 50.1. The summed E-state index contributed by atoms with van der Waals surface area (Å²) >= 11 is 0. The molecular weight excluding hydrogens is 208 g/mol. The molecule has 0 aliphatic heterocycles. The summed E-state index contributed by atoms with van der Waals surface area (Å²) in [7, 11) is 0. The predicted octanol–water partition coefficient (Wildman–Crippen LogP) is 3.90. The van der Waals surface area contributed by atoms with Crippen molar-refractivity contribution in [3.05, 3.63) is 35.1 Å². The van der Waals surface area contributed by atoms with Gasteiger partial charge in [-0.3, -0.25) is 0 Å². The number of hydrogen-bond acceptors (Lipinski definition) is 0. The molecule has 0 aromatic heterocycles. The molecule has 0 bridgehead atoms. The predicted molar refractivity (Wildman–Crippen MR) is 48.0 cm³/mol. The fourth-order valence-corrected chi connectivity index (χ4v) is 1.59. The van der Waals surface area contributed by atoms with Crippen LogP contribution in [0.15, 0.2) is 18.2 Å². The van der Waals surface area contributed by atoms with Crippen molar-refractivity contribution >= 4 is 0 Å². The molecule has 0 nitrogen and oxygen atoms in total. The minimum Gasteiger partial charge on any atom is -0.206 e. The van der Waals surface area contributed by atoms with E-state index >= 15 is 0 Å². The molecule has 1 aromatic rings. The molecule has 2 rings (SSSR count). The van der Waals surface area contributed by atoms with Gasteiger partial charge >= 0.3 is 6.18 Å². The molecule has 15 heavy (non-hydrogen) atoms. The standard InChI is InChI=1S/C11H10F4/c1-10(4-5-10)7-2-3-9(12)8(6-7)11(13,14)15/h2-3,6H,4-5H2,1H3. The van der Waals surface area contributed by atoms with E-state index in [1.54, 1.807) is 0 Å². The number of hydrogen-bond donors (Lipinski definition) is 0. The van der Waals surface area contributed by atoms with Crippen LogP contribution in [0.4, 0.5) is 17.6 Å². The molecule has 0 radical (unpaired) electrons. The quantitative estimate of drug-likeness (QED) is 0.627. The Bertz CT molecular complexity index is 388. The van der Waals surface area contributed by atoms with Crippen molar-refractivity contribution in [1.29, 1.82) is 0 Å². The Morgan fingerprint density at radius 2 is 1.80 bits per heavy atom. The zero-order valence-electron chi connectivity index (χ0n) is 8.16. The minimum atomic E-state index is -4.61. The van der Waals surface area contributed by atoms with E-state index < -0.39 is 17.6 Å². The van der Waals surface area contributed by atoms with Crippen LogP contribution in [0.2, 0.25) is 0 Å². The van der Waals surface area contributed by atoms with E-state index in [0.29, 0.717) is 5.56 Å². The second-order valence-electron chi connectivity index (χ2n) is 4.25. The molecule has 0 atom stereocenters. The summed E-state index contributed by atoms with van der Waals surface area (Å²) in [5, 5.41) is 0. The lowest BCUT2D eigenvalue weighted by molar-refractivity contribution is -0.140. The largest absolute Gasteiger partial charge is 0.419 e. The van der Waals surface area contributed by atoms with Gasteiger partial charge in [-0.2, -0.15) is 13.2 Å². The molecule has 0 N–H and O–H groups in total. The summed E-state index contributed by atoms with van der Waals surface area (Å²) in [5.74, 6) is -1.20. The van der Waals surface area contributed by atoms with Crippen molar-refractivity contribution < 1.29 is 17.6 Å². The summed E-state index contributed by atoms with van der Waals surface area (Å²) in [6.07, 6.45) is -2.86. The Kier molecular flexibility index (Phi) is 2.07. The second-order valence-corrected chi connectivity index (χ2v) is 4.25. The number of halogens is 4. The number of benzene rings is 1. The highest BCUT2D eigenvalue weighted by Crippen LogP contribution is 2.48. The van der Waals surface area contributed by atoms with E-state index in [2.05, 4.69) is 0 Å². The molecule has 0 spiro atoms. The molecule has 0 amide bonds. The van der Waals surface area contributed by atoms with Crippen molar-refractivity contribution in [3.8, 4) is 0 Å². The third-order valence-electron chi connectivity index (χ3n) is 2.97. The van der Waals surface area contributed by atoms with Gasteiger partial charge in [0.1, 0.15) is 5.82 Å². The molecule has 82 valence electrons. The first-order valence-corrected chi connectivity index (χ1v) is 4.70. The van der Waals surface area contributed by atoms with Crippen molar-refractivity contribution in [1.82, 2.24) is 0 Å². The van der Waals surface area contributed by atoms with Gasteiger partial charge in [-0.15, -0.1) is 0 Å². The van der Waals surface area contributed by atoms with Gasteiger partial charge in [-0.05, 0) is 36.0 Å². The maximum atomic E-state index is 13.0. The molecule has 0 saturated heterocycles. The van der Waals surface area contributed by atoms with Crippen LogP contribution in [0.25, 0.3) is 0 Å². The van der Waals surface area contributed by atoms with E-state index in [0.717, 1.165) is 25.0 Å². The summed E-state index contributed by atoms with van der Waals surface area (Å²) in [4.78, 5) is 0. The summed E-state index contributed by atoms with van der Waals surface area (Å²) in [5.41, 5.74) is -0.752. The van der Waals surface area contributed by atoms with E-state index in [9.17, 15) is 17.6 Å². The first-order valence-electron chi connectivity index (χ1n) is 4.70. The first kappa shape index (κ1) is 10.5. The number of alkyl halides is 3. The van der Waals surface area contributed by atoms with E-state index in [-0.39, 0.29) is 5.41 Å². The van der Waals surface area contributed by atoms with Gasteiger partial charge in [0, 0.05) is 0 Å². The first-order chi connectivity index (χ1) is 6.83. The lowest BCUT2D eigenvalue weighted by atomic mass is 9.96. The molecule has 0 unspecified atom stereocenters. The molecule has 1 aliphatic rings.